The van der Waals surface area contributed by atoms with E-state index < -0.39 is 0 Å². The number of aromatic nitrogens is 1. The van der Waals surface area contributed by atoms with Gasteiger partial charge in [0.2, 0.25) is 0 Å². The number of methoxy groups -OCH3 is 1. The maximum Gasteiger partial charge on any atom is 0.0736 e. The smallest absolute Gasteiger partial charge is 0.0736 e. The van der Waals surface area contributed by atoms with Crippen LogP contribution in [0.2, 0.25) is 0 Å². The average molecular weight is 290 g/mol. The van der Waals surface area contributed by atoms with Crippen molar-refractivity contribution in [3.63, 3.8) is 0 Å². The van der Waals surface area contributed by atoms with Crippen LogP contribution in [-0.4, -0.2) is 48.9 Å². The van der Waals surface area contributed by atoms with Crippen molar-refractivity contribution in [2.24, 2.45) is 5.92 Å². The quantitative estimate of drug-likeness (QED) is 0.834. The highest BCUT2D eigenvalue weighted by Gasteiger charge is 2.45. The van der Waals surface area contributed by atoms with E-state index in [4.69, 9.17) is 9.47 Å². The Hall–Kier alpha value is -0.970. The third-order valence-corrected chi connectivity index (χ3v) is 5.08. The van der Waals surface area contributed by atoms with E-state index in [-0.39, 0.29) is 5.60 Å². The standard InChI is InChI=1S/C17H26N2O2/c1-20-12-5-15-6-13-21-17(15)7-10-19(11-8-17)14-16-4-2-3-9-18-16/h2-4,9,15H,5-8,10-14H2,1H3/t15-/m0/s1. The Kier molecular flexibility index (Phi) is 4.88. The molecular weight excluding hydrogens is 264 g/mol. The molecule has 1 spiro atoms. The first-order valence-electron chi connectivity index (χ1n) is 8.07. The number of rotatable bonds is 5. The molecule has 116 valence electrons. The SMILES string of the molecule is COCC[C@H]1CCOC12CCN(Cc1ccccn1)CC2. The third-order valence-electron chi connectivity index (χ3n) is 5.08. The van der Waals surface area contributed by atoms with Gasteiger partial charge < -0.3 is 9.47 Å². The normalized spacial score (nSPS) is 25.5. The number of pyridine rings is 1. The van der Waals surface area contributed by atoms with Gasteiger partial charge in [0.15, 0.2) is 0 Å². The van der Waals surface area contributed by atoms with Crippen LogP contribution < -0.4 is 0 Å². The van der Waals surface area contributed by atoms with Crippen LogP contribution in [0.3, 0.4) is 0 Å². The summed E-state index contributed by atoms with van der Waals surface area (Å²) in [6, 6.07) is 6.15. The van der Waals surface area contributed by atoms with Crippen molar-refractivity contribution >= 4 is 0 Å². The summed E-state index contributed by atoms with van der Waals surface area (Å²) in [6.07, 6.45) is 6.50. The molecule has 3 rings (SSSR count). The van der Waals surface area contributed by atoms with Crippen molar-refractivity contribution in [3.8, 4) is 0 Å². The molecule has 1 aromatic rings. The van der Waals surface area contributed by atoms with E-state index in [0.717, 1.165) is 57.8 Å². The minimum absolute atomic E-state index is 0.124. The highest BCUT2D eigenvalue weighted by Crippen LogP contribution is 2.42. The molecule has 0 radical (unpaired) electrons. The van der Waals surface area contributed by atoms with Gasteiger partial charge in [-0.3, -0.25) is 9.88 Å². The molecule has 4 heteroatoms. The van der Waals surface area contributed by atoms with Gasteiger partial charge in [-0.25, -0.2) is 0 Å². The van der Waals surface area contributed by atoms with Crippen LogP contribution in [0, 0.1) is 5.92 Å². The topological polar surface area (TPSA) is 34.6 Å². The second kappa shape index (κ2) is 6.86. The Balaban J connectivity index is 1.54. The Morgan fingerprint density at radius 1 is 1.38 bits per heavy atom. The van der Waals surface area contributed by atoms with E-state index in [0.29, 0.717) is 5.92 Å². The molecule has 2 fully saturated rings. The van der Waals surface area contributed by atoms with E-state index in [2.05, 4.69) is 22.0 Å². The summed E-state index contributed by atoms with van der Waals surface area (Å²) in [5.41, 5.74) is 1.29. The van der Waals surface area contributed by atoms with Gasteiger partial charge in [-0.2, -0.15) is 0 Å². The largest absolute Gasteiger partial charge is 0.385 e. The monoisotopic (exact) mass is 290 g/mol. The van der Waals surface area contributed by atoms with Gasteiger partial charge in [0.1, 0.15) is 0 Å². The first-order valence-corrected chi connectivity index (χ1v) is 8.07. The molecule has 1 atom stereocenters. The lowest BCUT2D eigenvalue weighted by atomic mass is 9.78. The molecule has 0 saturated carbocycles. The van der Waals surface area contributed by atoms with Gasteiger partial charge in [-0.1, -0.05) is 6.07 Å². The zero-order chi connectivity index (χ0) is 14.5. The van der Waals surface area contributed by atoms with Crippen molar-refractivity contribution in [2.45, 2.75) is 37.8 Å². The van der Waals surface area contributed by atoms with Crippen molar-refractivity contribution in [1.29, 1.82) is 0 Å². The minimum atomic E-state index is 0.124. The van der Waals surface area contributed by atoms with Crippen molar-refractivity contribution in [1.82, 2.24) is 9.88 Å². The number of nitrogens with zero attached hydrogens (tertiary/aromatic N) is 2. The highest BCUT2D eigenvalue weighted by atomic mass is 16.5. The molecular formula is C17H26N2O2. The lowest BCUT2D eigenvalue weighted by Gasteiger charge is -2.42. The van der Waals surface area contributed by atoms with E-state index >= 15 is 0 Å². The van der Waals surface area contributed by atoms with E-state index in [1.54, 1.807) is 7.11 Å². The fraction of sp³-hybridized carbons (Fsp3) is 0.706. The maximum atomic E-state index is 6.19. The molecule has 0 amide bonds. The van der Waals surface area contributed by atoms with Crippen molar-refractivity contribution in [2.75, 3.05) is 33.4 Å². The van der Waals surface area contributed by atoms with E-state index in [9.17, 15) is 0 Å². The number of hydrogen-bond acceptors (Lipinski definition) is 4. The van der Waals surface area contributed by atoms with Gasteiger partial charge in [0.05, 0.1) is 11.3 Å². The zero-order valence-corrected chi connectivity index (χ0v) is 13.0. The van der Waals surface area contributed by atoms with Gasteiger partial charge >= 0.3 is 0 Å². The molecule has 0 bridgehead atoms. The molecule has 2 aliphatic rings. The number of hydrogen-bond donors (Lipinski definition) is 0. The molecule has 1 aromatic heterocycles. The number of piperidine rings is 1. The molecule has 3 heterocycles. The molecule has 21 heavy (non-hydrogen) atoms. The lowest BCUT2D eigenvalue weighted by Crippen LogP contribution is -2.47. The molecule has 2 aliphatic heterocycles. The molecule has 0 aromatic carbocycles. The lowest BCUT2D eigenvalue weighted by molar-refractivity contribution is -0.0722. The maximum absolute atomic E-state index is 6.19. The first kappa shape index (κ1) is 14.9. The van der Waals surface area contributed by atoms with Crippen LogP contribution >= 0.6 is 0 Å². The number of likely N-dealkylation sites (tertiary alicyclic amines) is 1. The van der Waals surface area contributed by atoms with Crippen LogP contribution in [0.1, 0.15) is 31.4 Å². The molecule has 0 unspecified atom stereocenters. The van der Waals surface area contributed by atoms with Crippen molar-refractivity contribution in [3.05, 3.63) is 30.1 Å². The van der Waals surface area contributed by atoms with E-state index in [1.165, 1.54) is 6.42 Å². The highest BCUT2D eigenvalue weighted by molar-refractivity contribution is 5.04. The second-order valence-electron chi connectivity index (χ2n) is 6.28. The third kappa shape index (κ3) is 3.44. The Bertz CT molecular complexity index is 430. The minimum Gasteiger partial charge on any atom is -0.385 e. The Morgan fingerprint density at radius 2 is 2.24 bits per heavy atom. The summed E-state index contributed by atoms with van der Waals surface area (Å²) in [4.78, 5) is 6.93. The predicted octanol–water partition coefficient (Wildman–Crippen LogP) is 2.49. The van der Waals surface area contributed by atoms with Crippen LogP contribution in [0.15, 0.2) is 24.4 Å². The molecule has 0 aliphatic carbocycles. The van der Waals surface area contributed by atoms with Crippen LogP contribution in [0.5, 0.6) is 0 Å². The zero-order valence-electron chi connectivity index (χ0n) is 13.0. The summed E-state index contributed by atoms with van der Waals surface area (Å²) in [6.45, 7) is 4.96. The fourth-order valence-corrected chi connectivity index (χ4v) is 3.82. The van der Waals surface area contributed by atoms with Crippen molar-refractivity contribution < 1.29 is 9.47 Å². The molecule has 2 saturated heterocycles. The summed E-state index contributed by atoms with van der Waals surface area (Å²) in [5.74, 6) is 0.675. The van der Waals surface area contributed by atoms with Crippen LogP contribution in [-0.2, 0) is 16.0 Å². The predicted molar refractivity (Wildman–Crippen MR) is 82.0 cm³/mol. The average Bonchev–Trinajstić information content (AvgIpc) is 2.91. The Morgan fingerprint density at radius 3 is 2.95 bits per heavy atom. The number of ether oxygens (including phenoxy) is 2. The van der Waals surface area contributed by atoms with Crippen LogP contribution in [0.25, 0.3) is 0 Å². The summed E-state index contributed by atoms with van der Waals surface area (Å²) in [7, 11) is 1.79. The first-order chi connectivity index (χ1) is 10.3. The summed E-state index contributed by atoms with van der Waals surface area (Å²) in [5, 5.41) is 0. The summed E-state index contributed by atoms with van der Waals surface area (Å²) >= 11 is 0. The molecule has 4 nitrogen and oxygen atoms in total. The van der Waals surface area contributed by atoms with Gasteiger partial charge in [0.25, 0.3) is 0 Å². The van der Waals surface area contributed by atoms with Gasteiger partial charge in [-0.05, 0) is 43.7 Å². The van der Waals surface area contributed by atoms with Gasteiger partial charge in [-0.15, -0.1) is 0 Å². The fourth-order valence-electron chi connectivity index (χ4n) is 3.82. The molecule has 0 N–H and O–H groups in total. The van der Waals surface area contributed by atoms with Crippen LogP contribution in [0.4, 0.5) is 0 Å². The Labute approximate surface area is 127 Å². The summed E-state index contributed by atoms with van der Waals surface area (Å²) < 4.78 is 11.5. The van der Waals surface area contributed by atoms with E-state index in [1.807, 2.05) is 12.3 Å². The second-order valence-corrected chi connectivity index (χ2v) is 6.28. The van der Waals surface area contributed by atoms with Gasteiger partial charge in [0, 0.05) is 46.2 Å².